The summed E-state index contributed by atoms with van der Waals surface area (Å²) in [7, 11) is 1.34. The molecule has 0 radical (unpaired) electrons. The third-order valence-corrected chi connectivity index (χ3v) is 2.04. The van der Waals surface area contributed by atoms with Crippen LogP contribution in [-0.4, -0.2) is 25.4 Å². The predicted octanol–water partition coefficient (Wildman–Crippen LogP) is -3.36. The maximum absolute atomic E-state index is 11.2. The third kappa shape index (κ3) is 5.19. The molecule has 0 aromatic carbocycles. The first kappa shape index (κ1) is 15.8. The number of hydrogen-bond donors (Lipinski definition) is 1. The van der Waals surface area contributed by atoms with Crippen LogP contribution in [0.4, 0.5) is 0 Å². The zero-order valence-electron chi connectivity index (χ0n) is 8.88. The van der Waals surface area contributed by atoms with E-state index in [0.717, 1.165) is 0 Å². The number of methoxy groups -OCH3 is 1. The number of ketones is 1. The number of Topliss-reactive ketones (excluding diaryl/α,β-unsaturated/α-hetero) is 1. The van der Waals surface area contributed by atoms with Gasteiger partial charge in [0.1, 0.15) is 6.54 Å². The first-order chi connectivity index (χ1) is 6.02. The van der Waals surface area contributed by atoms with Crippen LogP contribution in [0.3, 0.4) is 0 Å². The van der Waals surface area contributed by atoms with Gasteiger partial charge in [-0.2, -0.15) is 0 Å². The fourth-order valence-electron chi connectivity index (χ4n) is 1.09. The molecule has 84 valence electrons. The maximum Gasteiger partial charge on any atom is 0.309 e. The molecule has 0 aliphatic carbocycles. The molecule has 3 N–H and O–H groups in total. The highest BCUT2D eigenvalue weighted by Crippen LogP contribution is 2.16. The highest BCUT2D eigenvalue weighted by molar-refractivity contribution is 5.85. The number of carbonyl (C=O) groups is 2. The Kier molecular flexibility index (Phi) is 8.79. The van der Waals surface area contributed by atoms with Crippen LogP contribution < -0.4 is 18.1 Å². The summed E-state index contributed by atoms with van der Waals surface area (Å²) >= 11 is 0. The molecule has 5 heteroatoms. The van der Waals surface area contributed by atoms with Gasteiger partial charge in [-0.15, -0.1) is 0 Å². The molecular weight excluding hydrogens is 206 g/mol. The largest absolute Gasteiger partial charge is 1.00 e. The van der Waals surface area contributed by atoms with E-state index in [-0.39, 0.29) is 49.0 Å². The van der Waals surface area contributed by atoms with E-state index in [1.807, 2.05) is 13.8 Å². The molecule has 0 aromatic heterocycles. The lowest BCUT2D eigenvalue weighted by atomic mass is 9.91. The minimum absolute atomic E-state index is 0. The quantitative estimate of drug-likeness (QED) is 0.495. The van der Waals surface area contributed by atoms with Crippen LogP contribution in [0.15, 0.2) is 0 Å². The van der Waals surface area contributed by atoms with E-state index in [4.69, 9.17) is 0 Å². The number of halogens is 1. The van der Waals surface area contributed by atoms with E-state index in [9.17, 15) is 9.59 Å². The number of hydrogen-bond acceptors (Lipinski definition) is 3. The Balaban J connectivity index is 0. The Labute approximate surface area is 90.6 Å². The molecule has 0 aliphatic rings. The summed E-state index contributed by atoms with van der Waals surface area (Å²) in [4.78, 5) is 22.3. The molecule has 0 saturated heterocycles. The van der Waals surface area contributed by atoms with Crippen molar-refractivity contribution in [3.63, 3.8) is 0 Å². The van der Waals surface area contributed by atoms with E-state index in [1.165, 1.54) is 7.11 Å². The van der Waals surface area contributed by atoms with Crippen LogP contribution in [0.5, 0.6) is 0 Å². The van der Waals surface area contributed by atoms with Crippen molar-refractivity contribution < 1.29 is 32.5 Å². The third-order valence-electron chi connectivity index (χ3n) is 2.04. The summed E-state index contributed by atoms with van der Waals surface area (Å²) < 4.78 is 4.61. The van der Waals surface area contributed by atoms with Crippen LogP contribution in [0.2, 0.25) is 0 Å². The monoisotopic (exact) mass is 223 g/mol. The minimum Gasteiger partial charge on any atom is -1.00 e. The zero-order valence-corrected chi connectivity index (χ0v) is 9.63. The van der Waals surface area contributed by atoms with Crippen LogP contribution in [-0.2, 0) is 14.3 Å². The maximum atomic E-state index is 11.2. The van der Waals surface area contributed by atoms with E-state index >= 15 is 0 Å². The summed E-state index contributed by atoms with van der Waals surface area (Å²) in [6.07, 6.45) is 0.244. The normalized spacial score (nSPS) is 11.8. The molecule has 0 aromatic rings. The highest BCUT2D eigenvalue weighted by atomic mass is 35.5. The van der Waals surface area contributed by atoms with E-state index in [2.05, 4.69) is 10.5 Å². The second kappa shape index (κ2) is 7.76. The average Bonchev–Trinajstić information content (AvgIpc) is 2.11. The molecule has 0 amide bonds. The molecule has 0 spiro atoms. The first-order valence-corrected chi connectivity index (χ1v) is 4.41. The summed E-state index contributed by atoms with van der Waals surface area (Å²) in [5, 5.41) is 0. The van der Waals surface area contributed by atoms with Gasteiger partial charge in [0.25, 0.3) is 0 Å². The fourth-order valence-corrected chi connectivity index (χ4v) is 1.09. The number of quaternary nitrogens is 1. The Bertz CT molecular complexity index is 194. The molecule has 0 saturated carbocycles. The van der Waals surface area contributed by atoms with Crippen LogP contribution in [0.1, 0.15) is 20.3 Å². The van der Waals surface area contributed by atoms with Gasteiger partial charge in [0.15, 0.2) is 5.78 Å². The molecule has 0 unspecified atom stereocenters. The molecule has 0 rings (SSSR count). The van der Waals surface area contributed by atoms with Crippen LogP contribution in [0, 0.1) is 11.8 Å². The van der Waals surface area contributed by atoms with Gasteiger partial charge in [-0.25, -0.2) is 0 Å². The minimum atomic E-state index is -0.320. The summed E-state index contributed by atoms with van der Waals surface area (Å²) in [6.45, 7) is 4.04. The van der Waals surface area contributed by atoms with E-state index in [0.29, 0.717) is 0 Å². The number of carbonyl (C=O) groups excluding carboxylic acids is 2. The van der Waals surface area contributed by atoms with Gasteiger partial charge in [0, 0.05) is 6.42 Å². The SMILES string of the molecule is COC(=O)[C@@H](CC(=O)C[NH3+])C(C)C.[Cl-]. The van der Waals surface area contributed by atoms with Crippen LogP contribution >= 0.6 is 0 Å². The molecule has 1 atom stereocenters. The second-order valence-corrected chi connectivity index (χ2v) is 3.37. The molecule has 0 aliphatic heterocycles. The lowest BCUT2D eigenvalue weighted by Gasteiger charge is -2.16. The predicted molar refractivity (Wildman–Crippen MR) is 47.7 cm³/mol. The molecule has 4 nitrogen and oxygen atoms in total. The standard InChI is InChI=1S/C9H17NO3.ClH/c1-6(2)8(9(12)13-3)4-7(11)5-10;/h6,8H,4-5,10H2,1-3H3;1H/t8-;/m0./s1. The smallest absolute Gasteiger partial charge is 0.309 e. The number of esters is 1. The van der Waals surface area contributed by atoms with Gasteiger partial charge in [-0.1, -0.05) is 13.8 Å². The van der Waals surface area contributed by atoms with E-state index in [1.54, 1.807) is 0 Å². The number of rotatable bonds is 5. The number of ether oxygens (including phenoxy) is 1. The second-order valence-electron chi connectivity index (χ2n) is 3.37. The van der Waals surface area contributed by atoms with Crippen molar-refractivity contribution in [3.8, 4) is 0 Å². The van der Waals surface area contributed by atoms with Crippen molar-refractivity contribution in [2.75, 3.05) is 13.7 Å². The molecule has 0 fully saturated rings. The topological polar surface area (TPSA) is 71.0 Å². The van der Waals surface area contributed by atoms with Gasteiger partial charge in [-0.3, -0.25) is 9.59 Å². The van der Waals surface area contributed by atoms with Gasteiger partial charge in [0.2, 0.25) is 0 Å². The lowest BCUT2D eigenvalue weighted by molar-refractivity contribution is -0.354. The van der Waals surface area contributed by atoms with Crippen molar-refractivity contribution in [2.45, 2.75) is 20.3 Å². The van der Waals surface area contributed by atoms with Crippen molar-refractivity contribution in [1.29, 1.82) is 0 Å². The molecule has 14 heavy (non-hydrogen) atoms. The Morgan fingerprint density at radius 1 is 1.36 bits per heavy atom. The Morgan fingerprint density at radius 3 is 2.14 bits per heavy atom. The van der Waals surface area contributed by atoms with Crippen molar-refractivity contribution >= 4 is 11.8 Å². The molecule has 0 heterocycles. The summed E-state index contributed by atoms with van der Waals surface area (Å²) in [6, 6.07) is 0. The van der Waals surface area contributed by atoms with Gasteiger partial charge in [0.05, 0.1) is 13.0 Å². The molecule has 0 bridgehead atoms. The lowest BCUT2D eigenvalue weighted by Crippen LogP contribution is -3.00. The van der Waals surface area contributed by atoms with Gasteiger partial charge in [-0.05, 0) is 5.92 Å². The van der Waals surface area contributed by atoms with Gasteiger partial charge >= 0.3 is 5.97 Å². The van der Waals surface area contributed by atoms with Crippen LogP contribution in [0.25, 0.3) is 0 Å². The summed E-state index contributed by atoms with van der Waals surface area (Å²) in [5.74, 6) is -0.497. The highest BCUT2D eigenvalue weighted by Gasteiger charge is 2.25. The zero-order chi connectivity index (χ0) is 10.4. The Morgan fingerprint density at radius 2 is 1.86 bits per heavy atom. The van der Waals surface area contributed by atoms with Crippen molar-refractivity contribution in [2.24, 2.45) is 11.8 Å². The van der Waals surface area contributed by atoms with E-state index < -0.39 is 0 Å². The van der Waals surface area contributed by atoms with Crippen molar-refractivity contribution in [3.05, 3.63) is 0 Å². The summed E-state index contributed by atoms with van der Waals surface area (Å²) in [5.41, 5.74) is 3.48. The fraction of sp³-hybridized carbons (Fsp3) is 0.778. The van der Waals surface area contributed by atoms with Gasteiger partial charge < -0.3 is 22.9 Å². The first-order valence-electron chi connectivity index (χ1n) is 4.41. The average molecular weight is 224 g/mol. The Hall–Kier alpha value is -0.610. The van der Waals surface area contributed by atoms with Crippen molar-refractivity contribution in [1.82, 2.24) is 0 Å². The molecular formula is C9H18ClNO3.